The molecular weight excluding hydrogens is 338 g/mol. The van der Waals surface area contributed by atoms with Crippen molar-refractivity contribution >= 4 is 60.7 Å². The summed E-state index contributed by atoms with van der Waals surface area (Å²) in [5.41, 5.74) is 0.760. The summed E-state index contributed by atoms with van der Waals surface area (Å²) in [6.45, 7) is 0. The molecule has 7 heteroatoms. The Morgan fingerprint density at radius 2 is 2.22 bits per heavy atom. The van der Waals surface area contributed by atoms with E-state index in [1.165, 1.54) is 11.3 Å². The number of fused-ring (bicyclic) bond motifs is 1. The summed E-state index contributed by atoms with van der Waals surface area (Å²) in [6, 6.07) is 5.56. The molecule has 1 heterocycles. The van der Waals surface area contributed by atoms with Crippen LogP contribution in [-0.2, 0) is 4.79 Å². The first kappa shape index (κ1) is 13.4. The smallest absolute Gasteiger partial charge is 0.304 e. The van der Waals surface area contributed by atoms with E-state index in [-0.39, 0.29) is 11.5 Å². The van der Waals surface area contributed by atoms with Crippen molar-refractivity contribution in [3.8, 4) is 0 Å². The van der Waals surface area contributed by atoms with Crippen LogP contribution in [0.15, 0.2) is 22.7 Å². The van der Waals surface area contributed by atoms with Crippen molar-refractivity contribution in [2.75, 3.05) is 0 Å². The number of hydrogen-bond donors (Lipinski definition) is 2. The number of halogens is 1. The zero-order valence-corrected chi connectivity index (χ0v) is 12.2. The van der Waals surface area contributed by atoms with Crippen molar-refractivity contribution in [2.24, 2.45) is 0 Å². The number of carboxylic acid groups (broad SMARTS) is 1. The lowest BCUT2D eigenvalue weighted by molar-refractivity contribution is -0.137. The molecule has 94 valence electrons. The van der Waals surface area contributed by atoms with Crippen molar-refractivity contribution in [1.82, 2.24) is 4.98 Å². The number of carbonyl (C=O) groups is 1. The van der Waals surface area contributed by atoms with Crippen LogP contribution in [0.5, 0.6) is 0 Å². The molecule has 0 aliphatic carbocycles. The van der Waals surface area contributed by atoms with Gasteiger partial charge in [0.15, 0.2) is 5.05 Å². The zero-order chi connectivity index (χ0) is 13.3. The van der Waals surface area contributed by atoms with Crippen LogP contribution in [0.1, 0.15) is 17.3 Å². The van der Waals surface area contributed by atoms with E-state index in [0.717, 1.165) is 14.7 Å². The van der Waals surface area contributed by atoms with Crippen LogP contribution in [0.3, 0.4) is 0 Å². The van der Waals surface area contributed by atoms with E-state index < -0.39 is 11.9 Å². The average molecular weight is 346 g/mol. The molecule has 18 heavy (non-hydrogen) atoms. The molecule has 2 rings (SSSR count). The van der Waals surface area contributed by atoms with Crippen LogP contribution in [0.25, 0.3) is 10.2 Å². The van der Waals surface area contributed by atoms with Crippen molar-refractivity contribution < 1.29 is 15.0 Å². The topological polar surface area (TPSA) is 70.4 Å². The number of nitrogens with zero attached hydrogens (tertiary/aromatic N) is 1. The SMILES string of the molecule is O=C(O)CC(C(O)=S)c1nc2cccc(Br)c2s1. The monoisotopic (exact) mass is 345 g/mol. The van der Waals surface area contributed by atoms with Crippen molar-refractivity contribution in [3.05, 3.63) is 27.7 Å². The second-order valence-electron chi connectivity index (χ2n) is 3.63. The van der Waals surface area contributed by atoms with Crippen LogP contribution >= 0.6 is 39.5 Å². The van der Waals surface area contributed by atoms with Crippen LogP contribution in [0.4, 0.5) is 0 Å². The van der Waals surface area contributed by atoms with Gasteiger partial charge in [-0.1, -0.05) is 6.07 Å². The minimum atomic E-state index is -1.02. The molecule has 0 fully saturated rings. The molecule has 2 N–H and O–H groups in total. The molecule has 0 aliphatic rings. The van der Waals surface area contributed by atoms with Gasteiger partial charge in [0.05, 0.1) is 22.6 Å². The Labute approximate surface area is 120 Å². The number of benzene rings is 1. The first-order valence-corrected chi connectivity index (χ1v) is 7.00. The fourth-order valence-corrected chi connectivity index (χ4v) is 3.48. The van der Waals surface area contributed by atoms with E-state index >= 15 is 0 Å². The minimum absolute atomic E-state index is 0.257. The lowest BCUT2D eigenvalue weighted by atomic mass is 10.1. The highest BCUT2D eigenvalue weighted by Crippen LogP contribution is 2.34. The van der Waals surface area contributed by atoms with Gasteiger partial charge in [0.1, 0.15) is 5.01 Å². The number of rotatable bonds is 4. The Morgan fingerprint density at radius 3 is 2.78 bits per heavy atom. The summed E-state index contributed by atoms with van der Waals surface area (Å²) in [6.07, 6.45) is -0.257. The van der Waals surface area contributed by atoms with Gasteiger partial charge in [-0.15, -0.1) is 11.3 Å². The molecule has 1 aromatic heterocycles. The van der Waals surface area contributed by atoms with Gasteiger partial charge >= 0.3 is 5.97 Å². The van der Waals surface area contributed by atoms with E-state index in [1.54, 1.807) is 0 Å². The maximum absolute atomic E-state index is 10.8. The van der Waals surface area contributed by atoms with Gasteiger partial charge in [-0.25, -0.2) is 4.98 Å². The predicted molar refractivity (Wildman–Crippen MR) is 77.5 cm³/mol. The Balaban J connectivity index is 2.48. The largest absolute Gasteiger partial charge is 0.501 e. The molecule has 4 nitrogen and oxygen atoms in total. The number of aromatic nitrogens is 1. The number of hydrogen-bond acceptors (Lipinski definition) is 4. The maximum atomic E-state index is 10.8. The van der Waals surface area contributed by atoms with Gasteiger partial charge in [-0.3, -0.25) is 4.79 Å². The molecule has 0 spiro atoms. The third kappa shape index (κ3) is 2.68. The number of aliphatic hydroxyl groups is 1. The quantitative estimate of drug-likeness (QED) is 0.829. The van der Waals surface area contributed by atoms with Crippen molar-refractivity contribution in [2.45, 2.75) is 12.3 Å². The summed E-state index contributed by atoms with van der Waals surface area (Å²) in [7, 11) is 0. The van der Waals surface area contributed by atoms with Gasteiger partial charge in [0, 0.05) is 4.47 Å². The van der Waals surface area contributed by atoms with E-state index in [2.05, 4.69) is 20.9 Å². The Hall–Kier alpha value is -1.05. The molecule has 0 radical (unpaired) electrons. The number of thiazole rings is 1. The Bertz CT molecular complexity index is 626. The lowest BCUT2D eigenvalue weighted by Gasteiger charge is -2.07. The average Bonchev–Trinajstić information content (AvgIpc) is 2.70. The molecular formula is C11H8BrNO3S2. The third-order valence-corrected chi connectivity index (χ3v) is 4.78. The van der Waals surface area contributed by atoms with E-state index in [1.807, 2.05) is 18.2 Å². The third-order valence-electron chi connectivity index (χ3n) is 2.36. The fourth-order valence-electron chi connectivity index (χ4n) is 1.54. The number of aliphatic carboxylic acids is 1. The molecule has 0 amide bonds. The van der Waals surface area contributed by atoms with Gasteiger partial charge in [-0.2, -0.15) is 0 Å². The standard InChI is InChI=1S/C11H8BrNO3S2/c12-6-2-1-3-7-9(6)18-10(13-7)5(11(16)17)4-8(14)15/h1-3,5H,4H2,(H,14,15)(H,16,17). The van der Waals surface area contributed by atoms with E-state index in [9.17, 15) is 9.90 Å². The normalized spacial score (nSPS) is 12.5. The first-order chi connectivity index (χ1) is 8.49. The minimum Gasteiger partial charge on any atom is -0.501 e. The van der Waals surface area contributed by atoms with Crippen LogP contribution < -0.4 is 0 Å². The summed E-state index contributed by atoms with van der Waals surface area (Å²) in [5.74, 6) is -1.75. The highest BCUT2D eigenvalue weighted by molar-refractivity contribution is 9.10. The number of aliphatic hydroxyl groups excluding tert-OH is 1. The van der Waals surface area contributed by atoms with Crippen LogP contribution in [0.2, 0.25) is 0 Å². The lowest BCUT2D eigenvalue weighted by Crippen LogP contribution is -2.14. The highest BCUT2D eigenvalue weighted by Gasteiger charge is 2.24. The number of thiocarbonyl (C=S) groups is 1. The van der Waals surface area contributed by atoms with Crippen LogP contribution in [0, 0.1) is 0 Å². The maximum Gasteiger partial charge on any atom is 0.304 e. The fraction of sp³-hybridized carbons (Fsp3) is 0.182. The van der Waals surface area contributed by atoms with E-state index in [4.69, 9.17) is 17.3 Å². The molecule has 0 saturated heterocycles. The highest BCUT2D eigenvalue weighted by atomic mass is 79.9. The predicted octanol–water partition coefficient (Wildman–Crippen LogP) is 3.50. The first-order valence-electron chi connectivity index (χ1n) is 4.98. The second-order valence-corrected chi connectivity index (χ2v) is 5.93. The molecule has 1 unspecified atom stereocenters. The van der Waals surface area contributed by atoms with Gasteiger partial charge in [0.25, 0.3) is 0 Å². The Kier molecular flexibility index (Phi) is 3.94. The van der Waals surface area contributed by atoms with Crippen molar-refractivity contribution in [3.63, 3.8) is 0 Å². The van der Waals surface area contributed by atoms with E-state index in [0.29, 0.717) is 5.01 Å². The van der Waals surface area contributed by atoms with Gasteiger partial charge < -0.3 is 10.2 Å². The second kappa shape index (κ2) is 5.29. The molecule has 1 aromatic carbocycles. The molecule has 0 aliphatic heterocycles. The molecule has 0 bridgehead atoms. The van der Waals surface area contributed by atoms with Gasteiger partial charge in [-0.05, 0) is 40.3 Å². The van der Waals surface area contributed by atoms with Crippen molar-refractivity contribution in [1.29, 1.82) is 0 Å². The number of carboxylic acids is 1. The summed E-state index contributed by atoms with van der Waals surface area (Å²) < 4.78 is 1.81. The molecule has 0 saturated carbocycles. The van der Waals surface area contributed by atoms with Crippen LogP contribution in [-0.4, -0.2) is 26.2 Å². The van der Waals surface area contributed by atoms with Gasteiger partial charge in [0.2, 0.25) is 0 Å². The summed E-state index contributed by atoms with van der Waals surface area (Å²) in [5, 5.41) is 18.4. The Morgan fingerprint density at radius 1 is 1.50 bits per heavy atom. The summed E-state index contributed by atoms with van der Waals surface area (Å²) >= 11 is 9.44. The molecule has 2 aromatic rings. The summed E-state index contributed by atoms with van der Waals surface area (Å²) in [4.78, 5) is 15.1. The zero-order valence-electron chi connectivity index (χ0n) is 8.96. The molecule has 1 atom stereocenters.